The summed E-state index contributed by atoms with van der Waals surface area (Å²) in [7, 11) is 0. The highest BCUT2D eigenvalue weighted by atomic mass is 16.5. The van der Waals surface area contributed by atoms with Crippen LogP contribution in [0, 0.1) is 5.92 Å². The van der Waals surface area contributed by atoms with Gasteiger partial charge >= 0.3 is 0 Å². The lowest BCUT2D eigenvalue weighted by Crippen LogP contribution is -2.39. The van der Waals surface area contributed by atoms with Gasteiger partial charge in [-0.1, -0.05) is 49.3 Å². The second-order valence-corrected chi connectivity index (χ2v) is 6.75. The number of amides is 1. The second kappa shape index (κ2) is 7.18. The van der Waals surface area contributed by atoms with Gasteiger partial charge in [-0.15, -0.1) is 0 Å². The summed E-state index contributed by atoms with van der Waals surface area (Å²) in [6, 6.07) is 11.5. The van der Waals surface area contributed by atoms with Crippen LogP contribution in [0.5, 0.6) is 0 Å². The number of benzene rings is 1. The number of carbonyl (C=O) groups excluding carboxylic acids is 1. The quantitative estimate of drug-likeness (QED) is 0.934. The van der Waals surface area contributed by atoms with E-state index in [4.69, 9.17) is 4.52 Å². The van der Waals surface area contributed by atoms with Crippen molar-refractivity contribution in [3.63, 3.8) is 0 Å². The topological polar surface area (TPSA) is 66.6 Å². The Hall–Kier alpha value is -2.14. The molecule has 1 N–H and O–H groups in total. The van der Waals surface area contributed by atoms with Gasteiger partial charge in [0.2, 0.25) is 0 Å². The fourth-order valence-electron chi connectivity index (χ4n) is 3.16. The summed E-state index contributed by atoms with van der Waals surface area (Å²) in [5, 5.41) is 14.4. The average Bonchev–Trinajstić information content (AvgIpc) is 3.12. The van der Waals surface area contributed by atoms with Gasteiger partial charge in [0.25, 0.3) is 5.91 Å². The molecule has 1 aromatic heterocycles. The zero-order valence-corrected chi connectivity index (χ0v) is 14.2. The Balaban J connectivity index is 1.59. The largest absolute Gasteiger partial charge is 0.388 e. The van der Waals surface area contributed by atoms with Crippen LogP contribution in [0.4, 0.5) is 0 Å². The number of hydrogen-bond acceptors (Lipinski definition) is 4. The molecule has 0 aliphatic carbocycles. The predicted molar refractivity (Wildman–Crippen MR) is 90.6 cm³/mol. The Kier molecular flexibility index (Phi) is 5.00. The number of aliphatic hydroxyl groups excluding tert-OH is 1. The van der Waals surface area contributed by atoms with Gasteiger partial charge in [0.15, 0.2) is 5.69 Å². The SMILES string of the molecule is CC(C)c1cc(C(=O)N2CCC(C(O)c3ccccc3)CC2)no1. The molecule has 1 atom stereocenters. The van der Waals surface area contributed by atoms with Crippen molar-refractivity contribution < 1.29 is 14.4 Å². The Bertz CT molecular complexity index is 673. The Morgan fingerprint density at radius 1 is 1.25 bits per heavy atom. The zero-order chi connectivity index (χ0) is 17.1. The van der Waals surface area contributed by atoms with Crippen molar-refractivity contribution in [2.24, 2.45) is 5.92 Å². The van der Waals surface area contributed by atoms with Gasteiger partial charge in [-0.05, 0) is 24.3 Å². The van der Waals surface area contributed by atoms with Crippen LogP contribution in [0.3, 0.4) is 0 Å². The molecule has 2 aromatic rings. The first-order valence-corrected chi connectivity index (χ1v) is 8.55. The lowest BCUT2D eigenvalue weighted by molar-refractivity contribution is 0.0456. The molecule has 0 saturated carbocycles. The standard InChI is InChI=1S/C19H24N2O3/c1-13(2)17-12-16(20-24-17)19(23)21-10-8-15(9-11-21)18(22)14-6-4-3-5-7-14/h3-7,12-13,15,18,22H,8-11H2,1-2H3. The van der Waals surface area contributed by atoms with Crippen molar-refractivity contribution in [2.75, 3.05) is 13.1 Å². The van der Waals surface area contributed by atoms with Crippen molar-refractivity contribution in [3.8, 4) is 0 Å². The van der Waals surface area contributed by atoms with Crippen LogP contribution in [0.1, 0.15) is 60.5 Å². The molecule has 1 unspecified atom stereocenters. The molecule has 1 aromatic carbocycles. The zero-order valence-electron chi connectivity index (χ0n) is 14.2. The fourth-order valence-corrected chi connectivity index (χ4v) is 3.16. The van der Waals surface area contributed by atoms with Crippen molar-refractivity contribution >= 4 is 5.91 Å². The van der Waals surface area contributed by atoms with Crippen LogP contribution in [-0.2, 0) is 0 Å². The van der Waals surface area contributed by atoms with Crippen molar-refractivity contribution in [3.05, 3.63) is 53.4 Å². The summed E-state index contributed by atoms with van der Waals surface area (Å²) < 4.78 is 5.22. The van der Waals surface area contributed by atoms with Gasteiger partial charge in [0.1, 0.15) is 5.76 Å². The molecule has 5 heteroatoms. The third-order valence-electron chi connectivity index (χ3n) is 4.73. The van der Waals surface area contributed by atoms with E-state index in [2.05, 4.69) is 5.16 Å². The highest BCUT2D eigenvalue weighted by molar-refractivity contribution is 5.92. The maximum absolute atomic E-state index is 12.5. The van der Waals surface area contributed by atoms with E-state index >= 15 is 0 Å². The van der Waals surface area contributed by atoms with E-state index in [0.717, 1.165) is 24.2 Å². The molecule has 128 valence electrons. The molecule has 24 heavy (non-hydrogen) atoms. The molecule has 1 aliphatic rings. The first kappa shape index (κ1) is 16.7. The number of nitrogens with zero attached hydrogens (tertiary/aromatic N) is 2. The number of rotatable bonds is 4. The molecule has 1 saturated heterocycles. The first-order valence-electron chi connectivity index (χ1n) is 8.55. The molecule has 3 rings (SSSR count). The minimum Gasteiger partial charge on any atom is -0.388 e. The van der Waals surface area contributed by atoms with Gasteiger partial charge in [-0.25, -0.2) is 0 Å². The lowest BCUT2D eigenvalue weighted by atomic mass is 9.87. The number of carbonyl (C=O) groups is 1. The van der Waals surface area contributed by atoms with Gasteiger partial charge in [-0.2, -0.15) is 0 Å². The van der Waals surface area contributed by atoms with Crippen LogP contribution < -0.4 is 0 Å². The third kappa shape index (κ3) is 3.51. The Labute approximate surface area is 142 Å². The minimum atomic E-state index is -0.469. The van der Waals surface area contributed by atoms with Gasteiger partial charge < -0.3 is 14.5 Å². The molecular weight excluding hydrogens is 304 g/mol. The first-order chi connectivity index (χ1) is 11.6. The van der Waals surface area contributed by atoms with Crippen molar-refractivity contribution in [1.82, 2.24) is 10.1 Å². The summed E-state index contributed by atoms with van der Waals surface area (Å²) in [5.41, 5.74) is 1.32. The second-order valence-electron chi connectivity index (χ2n) is 6.75. The Morgan fingerprint density at radius 2 is 1.92 bits per heavy atom. The van der Waals surface area contributed by atoms with E-state index in [1.54, 1.807) is 11.0 Å². The molecule has 1 amide bonds. The minimum absolute atomic E-state index is 0.0849. The number of aromatic nitrogens is 1. The lowest BCUT2D eigenvalue weighted by Gasteiger charge is -2.34. The molecule has 5 nitrogen and oxygen atoms in total. The summed E-state index contributed by atoms with van der Waals surface area (Å²) in [6.45, 7) is 5.28. The fraction of sp³-hybridized carbons (Fsp3) is 0.474. The number of aliphatic hydroxyl groups is 1. The number of hydrogen-bond donors (Lipinski definition) is 1. The highest BCUT2D eigenvalue weighted by Crippen LogP contribution is 2.31. The van der Waals surface area contributed by atoms with Crippen LogP contribution in [0.15, 0.2) is 40.9 Å². The van der Waals surface area contributed by atoms with E-state index in [1.807, 2.05) is 44.2 Å². The maximum Gasteiger partial charge on any atom is 0.276 e. The summed E-state index contributed by atoms with van der Waals surface area (Å²) >= 11 is 0. The predicted octanol–water partition coefficient (Wildman–Crippen LogP) is 3.38. The molecule has 0 radical (unpaired) electrons. The van der Waals surface area contributed by atoms with Crippen LogP contribution in [-0.4, -0.2) is 34.2 Å². The number of piperidine rings is 1. The smallest absolute Gasteiger partial charge is 0.276 e. The monoisotopic (exact) mass is 328 g/mol. The van der Waals surface area contributed by atoms with Crippen molar-refractivity contribution in [2.45, 2.75) is 38.7 Å². The van der Waals surface area contributed by atoms with E-state index in [9.17, 15) is 9.90 Å². The normalized spacial score (nSPS) is 17.2. The van der Waals surface area contributed by atoms with E-state index in [1.165, 1.54) is 0 Å². The summed E-state index contributed by atoms with van der Waals surface area (Å²) in [4.78, 5) is 14.3. The average molecular weight is 328 g/mol. The Morgan fingerprint density at radius 3 is 2.50 bits per heavy atom. The summed E-state index contributed by atoms with van der Waals surface area (Å²) in [5.74, 6) is 1.04. The van der Waals surface area contributed by atoms with Gasteiger partial charge in [0.05, 0.1) is 6.10 Å². The van der Waals surface area contributed by atoms with Crippen molar-refractivity contribution in [1.29, 1.82) is 0 Å². The van der Waals surface area contributed by atoms with Gasteiger partial charge in [0, 0.05) is 25.1 Å². The summed E-state index contributed by atoms with van der Waals surface area (Å²) in [6.07, 6.45) is 1.11. The third-order valence-corrected chi connectivity index (χ3v) is 4.73. The van der Waals surface area contributed by atoms with E-state index in [0.29, 0.717) is 18.8 Å². The van der Waals surface area contributed by atoms with Gasteiger partial charge in [-0.3, -0.25) is 4.79 Å². The van der Waals surface area contributed by atoms with E-state index in [-0.39, 0.29) is 17.7 Å². The maximum atomic E-state index is 12.5. The van der Waals surface area contributed by atoms with Crippen LogP contribution >= 0.6 is 0 Å². The van der Waals surface area contributed by atoms with E-state index < -0.39 is 6.10 Å². The highest BCUT2D eigenvalue weighted by Gasteiger charge is 2.29. The molecule has 2 heterocycles. The molecule has 1 aliphatic heterocycles. The van der Waals surface area contributed by atoms with Crippen LogP contribution in [0.25, 0.3) is 0 Å². The molecule has 1 fully saturated rings. The molecule has 0 spiro atoms. The van der Waals surface area contributed by atoms with Crippen LogP contribution in [0.2, 0.25) is 0 Å². The molecular formula is C19H24N2O3. The number of likely N-dealkylation sites (tertiary alicyclic amines) is 1. The molecule has 0 bridgehead atoms.